The number of nitrogens with zero attached hydrogens (tertiary/aromatic N) is 1. The van der Waals surface area contributed by atoms with E-state index in [1.807, 2.05) is 58.1 Å². The zero-order chi connectivity index (χ0) is 55.1. The number of carbonyl (C=O) groups excluding carboxylic acids is 6. The lowest BCUT2D eigenvalue weighted by Crippen LogP contribution is -2.61. The van der Waals surface area contributed by atoms with Gasteiger partial charge in [-0.15, -0.1) is 0 Å². The molecule has 4 N–H and O–H groups in total. The van der Waals surface area contributed by atoms with Crippen LogP contribution in [0.2, 0.25) is 0 Å². The molecule has 1 aliphatic carbocycles. The maximum absolute atomic E-state index is 14.6. The number of esters is 2. The van der Waals surface area contributed by atoms with E-state index < -0.39 is 120 Å². The molecule has 4 rings (SSSR count). The first-order valence-corrected chi connectivity index (χ1v) is 26.9. The van der Waals surface area contributed by atoms with Crippen molar-refractivity contribution >= 4 is 35.2 Å². The third kappa shape index (κ3) is 16.1. The monoisotopic (exact) mass is 1040 g/mol. The first-order chi connectivity index (χ1) is 35.0. The number of carbonyl (C=O) groups is 6. The Morgan fingerprint density at radius 3 is 2.22 bits per heavy atom. The highest BCUT2D eigenvalue weighted by molar-refractivity contribution is 6.39. The van der Waals surface area contributed by atoms with Crippen molar-refractivity contribution in [2.45, 2.75) is 193 Å². The van der Waals surface area contributed by atoms with E-state index in [-0.39, 0.29) is 42.8 Å². The van der Waals surface area contributed by atoms with Gasteiger partial charge in [-0.3, -0.25) is 24.0 Å². The Bertz CT molecular complexity index is 2030. The van der Waals surface area contributed by atoms with Gasteiger partial charge in [-0.1, -0.05) is 71.1 Å². The van der Waals surface area contributed by atoms with Crippen LogP contribution >= 0.6 is 0 Å². The Balaban J connectivity index is 1.71. The fourth-order valence-electron chi connectivity index (χ4n) is 11.1. The van der Waals surface area contributed by atoms with Gasteiger partial charge in [-0.05, 0) is 120 Å². The second-order valence-corrected chi connectivity index (χ2v) is 22.0. The van der Waals surface area contributed by atoms with Crippen LogP contribution in [-0.2, 0) is 57.2 Å². The Morgan fingerprint density at radius 1 is 0.878 bits per heavy atom. The summed E-state index contributed by atoms with van der Waals surface area (Å²) in [6.45, 7) is 12.9. The average Bonchev–Trinajstić information content (AvgIpc) is 3.38. The minimum absolute atomic E-state index is 0.00738. The van der Waals surface area contributed by atoms with E-state index >= 15 is 0 Å². The van der Waals surface area contributed by atoms with Crippen molar-refractivity contribution in [2.24, 2.45) is 40.9 Å². The topological polar surface area (TPSA) is 242 Å². The van der Waals surface area contributed by atoms with Crippen molar-refractivity contribution in [1.82, 2.24) is 4.90 Å². The number of fused-ring (bicyclic) bond motifs is 3. The van der Waals surface area contributed by atoms with Crippen molar-refractivity contribution in [3.05, 3.63) is 47.6 Å². The zero-order valence-electron chi connectivity index (χ0n) is 46.0. The molecule has 17 heteroatoms. The molecule has 3 fully saturated rings. The molecule has 0 aromatic heterocycles. The van der Waals surface area contributed by atoms with Gasteiger partial charge in [0.2, 0.25) is 5.79 Å². The molecule has 2 bridgehead atoms. The molecule has 3 aliphatic heterocycles. The number of Topliss-reactive ketones (excluding diaryl/α,β-unsaturated/α-hetero) is 3. The molecule has 1 unspecified atom stereocenters. The molecule has 2 saturated heterocycles. The van der Waals surface area contributed by atoms with E-state index in [9.17, 15) is 49.2 Å². The standard InChI is InChI=1S/C57H89NO16/c1-12-41-22-23-42-30-46(69-9)35(3)19-15-13-14-18-34(2)26-38(6)49(62)51(71-11)50(63)39(7)27-36(4)44(61)31-47(72-54(66)43-20-16-17-25-58(43)53(65)52(64)57(41,68)74-42)37(5)28-40-21-24-45(48(29-40)70-10)73-55(67)56(8,32-59)33-60/h13-15,18-19,27,34,36-38,40-43,45-48,50-51,59-60,63,68H,12,16-17,20-26,28-33H2,1-11H3/b15-13+,18-14+,35-19+,39-27+/t34-,36-,37-,38-,40+,41-,42+,43+,45-,46+,47+,48-,50-,51?,57-/m1/s1. The van der Waals surface area contributed by atoms with Gasteiger partial charge in [-0.25, -0.2) is 4.79 Å². The SMILES string of the molecule is CC[C@@H]1CC[C@H]2C[C@H](OC)/C(C)=C/C=C/C=C/[C@@H](C)C[C@@H](C)C(=O)C(OC)[C@H](O)/C(C)=C/[C@@H](C)C(=O)C[C@@H]([C@H](C)C[C@@H]3CC[C@@H](OC(=O)C(C)(CO)CO)[C@H](OC)C3)OC(=O)[C@@H]3CCCCN3C(=O)C(=O)[C@]1(O)O2. The average molecular weight is 1040 g/mol. The summed E-state index contributed by atoms with van der Waals surface area (Å²) in [5.41, 5.74) is -0.273. The third-order valence-corrected chi connectivity index (χ3v) is 16.2. The molecule has 3 heterocycles. The predicted octanol–water partition coefficient (Wildman–Crippen LogP) is 6.11. The van der Waals surface area contributed by atoms with Crippen molar-refractivity contribution < 1.29 is 77.6 Å². The lowest BCUT2D eigenvalue weighted by Gasteiger charge is -2.43. The number of methoxy groups -OCH3 is 3. The number of ketones is 3. The van der Waals surface area contributed by atoms with Crippen molar-refractivity contribution in [3.8, 4) is 0 Å². The van der Waals surface area contributed by atoms with Crippen LogP contribution in [-0.4, -0.2) is 156 Å². The quantitative estimate of drug-likeness (QED) is 0.104. The fourth-order valence-corrected chi connectivity index (χ4v) is 11.1. The van der Waals surface area contributed by atoms with Gasteiger partial charge < -0.3 is 53.7 Å². The molecular formula is C57H89NO16. The van der Waals surface area contributed by atoms with Crippen LogP contribution < -0.4 is 0 Å². The number of ether oxygens (including phenoxy) is 6. The molecule has 74 heavy (non-hydrogen) atoms. The summed E-state index contributed by atoms with van der Waals surface area (Å²) in [6.07, 6.45) is 10.2. The number of amides is 1. The molecule has 0 spiro atoms. The smallest absolute Gasteiger partial charge is 0.329 e. The molecule has 0 aromatic rings. The van der Waals surface area contributed by atoms with E-state index in [1.54, 1.807) is 34.0 Å². The number of allylic oxidation sites excluding steroid dienone is 6. The number of hydrogen-bond donors (Lipinski definition) is 4. The second-order valence-electron chi connectivity index (χ2n) is 22.0. The number of aliphatic hydroxyl groups excluding tert-OH is 3. The van der Waals surface area contributed by atoms with E-state index in [4.69, 9.17) is 28.4 Å². The summed E-state index contributed by atoms with van der Waals surface area (Å²) in [7, 11) is 4.44. The summed E-state index contributed by atoms with van der Waals surface area (Å²) < 4.78 is 35.6. The lowest BCUT2D eigenvalue weighted by molar-refractivity contribution is -0.269. The van der Waals surface area contributed by atoms with Crippen molar-refractivity contribution in [1.29, 1.82) is 0 Å². The van der Waals surface area contributed by atoms with Crippen LogP contribution in [0.15, 0.2) is 47.6 Å². The van der Waals surface area contributed by atoms with Crippen LogP contribution in [0.4, 0.5) is 0 Å². The highest BCUT2D eigenvalue weighted by Gasteiger charge is 2.54. The van der Waals surface area contributed by atoms with E-state index in [2.05, 4.69) is 0 Å². The van der Waals surface area contributed by atoms with Gasteiger partial charge in [-0.2, -0.15) is 0 Å². The normalized spacial score (nSPS) is 37.1. The molecule has 418 valence electrons. The highest BCUT2D eigenvalue weighted by Crippen LogP contribution is 2.40. The Hall–Kier alpha value is -3.94. The Kier molecular flexibility index (Phi) is 24.5. The molecule has 1 amide bonds. The van der Waals surface area contributed by atoms with E-state index in [1.165, 1.54) is 26.0 Å². The minimum Gasteiger partial charge on any atom is -0.460 e. The molecule has 15 atom stereocenters. The van der Waals surface area contributed by atoms with Crippen molar-refractivity contribution in [2.75, 3.05) is 41.1 Å². The second kappa shape index (κ2) is 29.0. The van der Waals surface area contributed by atoms with Gasteiger partial charge in [0.1, 0.15) is 41.7 Å². The lowest BCUT2D eigenvalue weighted by atomic mass is 9.78. The number of cyclic esters (lactones) is 1. The number of aliphatic hydroxyl groups is 4. The largest absolute Gasteiger partial charge is 0.460 e. The van der Waals surface area contributed by atoms with Crippen LogP contribution in [0, 0.1) is 40.9 Å². The molecule has 4 aliphatic rings. The predicted molar refractivity (Wildman–Crippen MR) is 276 cm³/mol. The zero-order valence-corrected chi connectivity index (χ0v) is 46.0. The Morgan fingerprint density at radius 2 is 1.58 bits per heavy atom. The van der Waals surface area contributed by atoms with Crippen LogP contribution in [0.3, 0.4) is 0 Å². The summed E-state index contributed by atoms with van der Waals surface area (Å²) in [6, 6.07) is -1.20. The van der Waals surface area contributed by atoms with Gasteiger partial charge >= 0.3 is 11.9 Å². The summed E-state index contributed by atoms with van der Waals surface area (Å²) in [5, 5.41) is 43.3. The van der Waals surface area contributed by atoms with Crippen LogP contribution in [0.1, 0.15) is 139 Å². The minimum atomic E-state index is -2.46. The van der Waals surface area contributed by atoms with Crippen LogP contribution in [0.5, 0.6) is 0 Å². The number of rotatable bonds is 11. The highest BCUT2D eigenvalue weighted by atomic mass is 16.6. The summed E-state index contributed by atoms with van der Waals surface area (Å²) in [5.74, 6) is -9.27. The maximum atomic E-state index is 14.6. The Labute approximate surface area is 439 Å². The fraction of sp³-hybridized carbons (Fsp3) is 0.754. The van der Waals surface area contributed by atoms with E-state index in [0.29, 0.717) is 76.2 Å². The molecule has 0 aromatic carbocycles. The third-order valence-electron chi connectivity index (χ3n) is 16.2. The van der Waals surface area contributed by atoms with Gasteiger partial charge in [0.25, 0.3) is 11.7 Å². The van der Waals surface area contributed by atoms with E-state index in [0.717, 1.165) is 5.57 Å². The first-order valence-electron chi connectivity index (χ1n) is 26.9. The summed E-state index contributed by atoms with van der Waals surface area (Å²) in [4.78, 5) is 85.8. The van der Waals surface area contributed by atoms with Crippen molar-refractivity contribution in [3.63, 3.8) is 0 Å². The first kappa shape index (κ1) is 62.6. The number of piperidine rings is 1. The molecule has 17 nitrogen and oxygen atoms in total. The maximum Gasteiger partial charge on any atom is 0.329 e. The molecule has 1 saturated carbocycles. The van der Waals surface area contributed by atoms with Gasteiger partial charge in [0.05, 0.1) is 31.5 Å². The van der Waals surface area contributed by atoms with Crippen LogP contribution in [0.25, 0.3) is 0 Å². The van der Waals surface area contributed by atoms with Gasteiger partial charge in [0.15, 0.2) is 5.78 Å². The summed E-state index contributed by atoms with van der Waals surface area (Å²) >= 11 is 0. The molecular weight excluding hydrogens is 955 g/mol. The number of hydrogen-bond acceptors (Lipinski definition) is 16. The molecule has 0 radical (unpaired) electrons. The van der Waals surface area contributed by atoms with Gasteiger partial charge in [0, 0.05) is 58.5 Å².